The van der Waals surface area contributed by atoms with Crippen molar-refractivity contribution >= 4 is 21.9 Å². The predicted octanol–water partition coefficient (Wildman–Crippen LogP) is 4.71. The van der Waals surface area contributed by atoms with Crippen LogP contribution in [0.15, 0.2) is 12.2 Å². The van der Waals surface area contributed by atoms with Gasteiger partial charge in [-0.1, -0.05) is 61.5 Å². The Hall–Kier alpha value is -0.350. The zero-order chi connectivity index (χ0) is 16.1. The van der Waals surface area contributed by atoms with E-state index in [9.17, 15) is 4.79 Å². The van der Waals surface area contributed by atoms with Crippen LogP contribution in [0.25, 0.3) is 0 Å². The highest BCUT2D eigenvalue weighted by Crippen LogP contribution is 2.18. The zero-order valence-corrected chi connectivity index (χ0v) is 15.4. The Labute approximate surface area is 133 Å². The molecule has 0 aromatic heterocycles. The van der Waals surface area contributed by atoms with E-state index in [4.69, 9.17) is 5.11 Å². The number of carbonyl (C=O) groups is 1. The maximum absolute atomic E-state index is 9.60. The fourth-order valence-corrected chi connectivity index (χ4v) is 2.30. The molecule has 0 bridgehead atoms. The number of carboxylic acids is 1. The third-order valence-electron chi connectivity index (χ3n) is 3.29. The number of aliphatic carboxylic acids is 1. The number of carboxylic acid groups (broad SMARTS) is 1. The molecular weight excluding hydrogens is 318 g/mol. The van der Waals surface area contributed by atoms with Gasteiger partial charge in [0.05, 0.1) is 0 Å². The molecule has 120 valence electrons. The number of nitrogens with zero attached hydrogens (tertiary/aromatic N) is 1. The van der Waals surface area contributed by atoms with Crippen LogP contribution < -0.4 is 0 Å². The normalized spacial score (nSPS) is 13.3. The van der Waals surface area contributed by atoms with Crippen LogP contribution in [-0.2, 0) is 4.79 Å². The van der Waals surface area contributed by atoms with Gasteiger partial charge in [0.15, 0.2) is 0 Å². The molecular formula is C16H32BrNO2. The molecule has 0 saturated heterocycles. The van der Waals surface area contributed by atoms with Gasteiger partial charge in [0.1, 0.15) is 0 Å². The van der Waals surface area contributed by atoms with E-state index in [0.29, 0.717) is 10.9 Å². The standard InChI is InChI=1S/C12H26BrN.C4H6O2/c1-5-6-7-8-9-10-12(13)11(2)14(3)4;1-3(2)4(5)6/h11-12H,5-10H2,1-4H3;1H2,2H3,(H,5,6). The van der Waals surface area contributed by atoms with Crippen molar-refractivity contribution < 1.29 is 9.90 Å². The van der Waals surface area contributed by atoms with E-state index < -0.39 is 5.97 Å². The molecule has 0 spiro atoms. The van der Waals surface area contributed by atoms with Crippen LogP contribution in [0.5, 0.6) is 0 Å². The molecule has 20 heavy (non-hydrogen) atoms. The van der Waals surface area contributed by atoms with Gasteiger partial charge in [0.2, 0.25) is 0 Å². The van der Waals surface area contributed by atoms with E-state index in [1.54, 1.807) is 0 Å². The summed E-state index contributed by atoms with van der Waals surface area (Å²) in [6.07, 6.45) is 8.22. The largest absolute Gasteiger partial charge is 0.478 e. The molecule has 3 nitrogen and oxygen atoms in total. The van der Waals surface area contributed by atoms with Crippen molar-refractivity contribution in [1.29, 1.82) is 0 Å². The Bertz CT molecular complexity index is 255. The Morgan fingerprint density at radius 1 is 1.25 bits per heavy atom. The fraction of sp³-hybridized carbons (Fsp3) is 0.812. The Balaban J connectivity index is 0. The number of hydrogen-bond acceptors (Lipinski definition) is 2. The molecule has 0 aromatic carbocycles. The highest BCUT2D eigenvalue weighted by Gasteiger charge is 2.14. The van der Waals surface area contributed by atoms with Crippen LogP contribution in [-0.4, -0.2) is 40.9 Å². The minimum atomic E-state index is -0.935. The minimum absolute atomic E-state index is 0.176. The van der Waals surface area contributed by atoms with Crippen molar-refractivity contribution in [2.75, 3.05) is 14.1 Å². The lowest BCUT2D eigenvalue weighted by molar-refractivity contribution is -0.132. The second-order valence-corrected chi connectivity index (χ2v) is 6.68. The first kappa shape index (κ1) is 21.9. The second kappa shape index (κ2) is 13.6. The first-order chi connectivity index (χ1) is 9.23. The summed E-state index contributed by atoms with van der Waals surface area (Å²) >= 11 is 3.77. The van der Waals surface area contributed by atoms with Crippen molar-refractivity contribution in [3.63, 3.8) is 0 Å². The predicted molar refractivity (Wildman–Crippen MR) is 91.7 cm³/mol. The molecule has 0 radical (unpaired) electrons. The van der Waals surface area contributed by atoms with Gasteiger partial charge in [-0.25, -0.2) is 4.79 Å². The summed E-state index contributed by atoms with van der Waals surface area (Å²) < 4.78 is 0. The minimum Gasteiger partial charge on any atom is -0.478 e. The maximum atomic E-state index is 9.60. The molecule has 0 heterocycles. The fourth-order valence-electron chi connectivity index (χ4n) is 1.51. The molecule has 1 N–H and O–H groups in total. The SMILES string of the molecule is C=C(C)C(=O)O.CCCCCCCC(Br)C(C)N(C)C. The first-order valence-corrected chi connectivity index (χ1v) is 8.34. The van der Waals surface area contributed by atoms with Crippen molar-refractivity contribution in [3.8, 4) is 0 Å². The summed E-state index contributed by atoms with van der Waals surface area (Å²) in [6, 6.07) is 0.640. The van der Waals surface area contributed by atoms with Crippen LogP contribution in [0.2, 0.25) is 0 Å². The van der Waals surface area contributed by atoms with E-state index in [0.717, 1.165) is 0 Å². The van der Waals surface area contributed by atoms with Crippen molar-refractivity contribution in [2.45, 2.75) is 70.2 Å². The van der Waals surface area contributed by atoms with E-state index >= 15 is 0 Å². The first-order valence-electron chi connectivity index (χ1n) is 7.43. The summed E-state index contributed by atoms with van der Waals surface area (Å²) in [5.41, 5.74) is 0.176. The average Bonchev–Trinajstić information content (AvgIpc) is 2.37. The Morgan fingerprint density at radius 3 is 2.05 bits per heavy atom. The number of unbranched alkanes of at least 4 members (excludes halogenated alkanes) is 4. The number of rotatable bonds is 9. The molecule has 0 amide bonds. The summed E-state index contributed by atoms with van der Waals surface area (Å²) in [5, 5.41) is 7.89. The molecule has 0 rings (SSSR count). The lowest BCUT2D eigenvalue weighted by Crippen LogP contribution is -2.32. The topological polar surface area (TPSA) is 40.5 Å². The molecule has 0 aromatic rings. The summed E-state index contributed by atoms with van der Waals surface area (Å²) in [7, 11) is 4.30. The summed E-state index contributed by atoms with van der Waals surface area (Å²) in [5.74, 6) is -0.935. The smallest absolute Gasteiger partial charge is 0.330 e. The van der Waals surface area contributed by atoms with E-state index in [-0.39, 0.29) is 5.57 Å². The molecule has 0 fully saturated rings. The summed E-state index contributed by atoms with van der Waals surface area (Å²) in [4.78, 5) is 12.5. The quantitative estimate of drug-likeness (QED) is 0.372. The highest BCUT2D eigenvalue weighted by molar-refractivity contribution is 9.09. The molecule has 0 aliphatic rings. The third kappa shape index (κ3) is 14.1. The van der Waals surface area contributed by atoms with E-state index in [1.165, 1.54) is 45.4 Å². The Kier molecular flexibility index (Phi) is 14.9. The maximum Gasteiger partial charge on any atom is 0.330 e. The van der Waals surface area contributed by atoms with Gasteiger partial charge < -0.3 is 10.0 Å². The summed E-state index contributed by atoms with van der Waals surface area (Å²) in [6.45, 7) is 9.15. The molecule has 0 aliphatic carbocycles. The van der Waals surface area contributed by atoms with Gasteiger partial charge in [0.25, 0.3) is 0 Å². The van der Waals surface area contributed by atoms with Gasteiger partial charge in [-0.05, 0) is 34.4 Å². The van der Waals surface area contributed by atoms with Gasteiger partial charge in [0, 0.05) is 16.4 Å². The van der Waals surface area contributed by atoms with Crippen LogP contribution in [0, 0.1) is 0 Å². The monoisotopic (exact) mass is 349 g/mol. The third-order valence-corrected chi connectivity index (χ3v) is 4.51. The molecule has 2 unspecified atom stereocenters. The van der Waals surface area contributed by atoms with Crippen LogP contribution in [0.1, 0.15) is 59.3 Å². The van der Waals surface area contributed by atoms with Crippen LogP contribution in [0.3, 0.4) is 0 Å². The average molecular weight is 350 g/mol. The van der Waals surface area contributed by atoms with Gasteiger partial charge in [-0.3, -0.25) is 0 Å². The lowest BCUT2D eigenvalue weighted by atomic mass is 10.1. The van der Waals surface area contributed by atoms with Gasteiger partial charge in [-0.15, -0.1) is 0 Å². The van der Waals surface area contributed by atoms with Crippen LogP contribution in [0.4, 0.5) is 0 Å². The van der Waals surface area contributed by atoms with E-state index in [2.05, 4.69) is 55.4 Å². The molecule has 0 saturated carbocycles. The van der Waals surface area contributed by atoms with Gasteiger partial charge >= 0.3 is 5.97 Å². The molecule has 2 atom stereocenters. The molecule has 4 heteroatoms. The number of hydrogen-bond donors (Lipinski definition) is 1. The molecule has 0 aliphatic heterocycles. The van der Waals surface area contributed by atoms with Crippen molar-refractivity contribution in [2.24, 2.45) is 0 Å². The number of alkyl halides is 1. The zero-order valence-electron chi connectivity index (χ0n) is 13.8. The second-order valence-electron chi connectivity index (χ2n) is 5.51. The highest BCUT2D eigenvalue weighted by atomic mass is 79.9. The van der Waals surface area contributed by atoms with E-state index in [1.807, 2.05) is 0 Å². The van der Waals surface area contributed by atoms with Crippen molar-refractivity contribution in [1.82, 2.24) is 4.90 Å². The Morgan fingerprint density at radius 2 is 1.70 bits per heavy atom. The van der Waals surface area contributed by atoms with Crippen LogP contribution >= 0.6 is 15.9 Å². The van der Waals surface area contributed by atoms with Gasteiger partial charge in [-0.2, -0.15) is 0 Å². The number of halogens is 1. The lowest BCUT2D eigenvalue weighted by Gasteiger charge is -2.24. The van der Waals surface area contributed by atoms with Crippen molar-refractivity contribution in [3.05, 3.63) is 12.2 Å².